The number of unbranched alkanes of at least 4 members (excludes halogenated alkanes) is 1. The Hall–Kier alpha value is -1.50. The number of Topliss-reactive ketones (excluding diaryl/α,β-unsaturated/α-hetero) is 1. The zero-order valence-corrected chi connectivity index (χ0v) is 11.9. The summed E-state index contributed by atoms with van der Waals surface area (Å²) in [5.74, 6) is -0.640. The summed E-state index contributed by atoms with van der Waals surface area (Å²) >= 11 is 2.89. The maximum absolute atomic E-state index is 13.3. The van der Waals surface area contributed by atoms with Gasteiger partial charge in [0.05, 0.1) is 16.0 Å². The van der Waals surface area contributed by atoms with Gasteiger partial charge in [-0.1, -0.05) is 0 Å². The van der Waals surface area contributed by atoms with Gasteiger partial charge in [-0.2, -0.15) is 0 Å². The Labute approximate surface area is 118 Å². The van der Waals surface area contributed by atoms with E-state index in [2.05, 4.69) is 15.9 Å². The van der Waals surface area contributed by atoms with Gasteiger partial charge in [0.25, 0.3) is 0 Å². The summed E-state index contributed by atoms with van der Waals surface area (Å²) in [7, 11) is 0. The smallest absolute Gasteiger partial charge is 0.312 e. The molecule has 0 saturated heterocycles. The highest BCUT2D eigenvalue weighted by atomic mass is 79.9. The number of halogens is 2. The highest BCUT2D eigenvalue weighted by Crippen LogP contribution is 2.32. The summed E-state index contributed by atoms with van der Waals surface area (Å²) in [5, 5.41) is 10.8. The van der Waals surface area contributed by atoms with Crippen LogP contribution in [0.2, 0.25) is 0 Å². The second-order valence-corrected chi connectivity index (χ2v) is 4.85. The summed E-state index contributed by atoms with van der Waals surface area (Å²) in [6, 6.07) is 2.05. The summed E-state index contributed by atoms with van der Waals surface area (Å²) in [6.07, 6.45) is 1.66. The third-order valence-corrected chi connectivity index (χ3v) is 2.99. The lowest BCUT2D eigenvalue weighted by Crippen LogP contribution is -2.02. The van der Waals surface area contributed by atoms with Crippen LogP contribution in [-0.2, 0) is 4.79 Å². The average Bonchev–Trinajstić information content (AvgIpc) is 2.32. The molecule has 19 heavy (non-hydrogen) atoms. The van der Waals surface area contributed by atoms with Crippen molar-refractivity contribution < 1.29 is 18.8 Å². The van der Waals surface area contributed by atoms with Crippen LogP contribution >= 0.6 is 15.9 Å². The van der Waals surface area contributed by atoms with E-state index in [1.54, 1.807) is 0 Å². The molecule has 1 aromatic rings. The van der Waals surface area contributed by atoms with E-state index in [1.165, 1.54) is 6.92 Å². The molecule has 0 aliphatic rings. The Morgan fingerprint density at radius 3 is 2.74 bits per heavy atom. The molecule has 0 bridgehead atoms. The van der Waals surface area contributed by atoms with Crippen molar-refractivity contribution in [3.63, 3.8) is 0 Å². The zero-order valence-electron chi connectivity index (χ0n) is 10.3. The zero-order chi connectivity index (χ0) is 14.4. The Kier molecular flexibility index (Phi) is 5.88. The van der Waals surface area contributed by atoms with Crippen molar-refractivity contribution in [2.45, 2.75) is 26.2 Å². The molecule has 0 heterocycles. The van der Waals surface area contributed by atoms with Gasteiger partial charge in [0, 0.05) is 18.6 Å². The van der Waals surface area contributed by atoms with E-state index in [0.29, 0.717) is 19.3 Å². The van der Waals surface area contributed by atoms with Gasteiger partial charge in [0.15, 0.2) is 5.75 Å². The molecule has 1 aromatic carbocycles. The molecule has 0 amide bonds. The second-order valence-electron chi connectivity index (χ2n) is 4.00. The number of ketones is 1. The fourth-order valence-corrected chi connectivity index (χ4v) is 1.77. The molecule has 0 N–H and O–H groups in total. The monoisotopic (exact) mass is 333 g/mol. The number of carbonyl (C=O) groups excluding carboxylic acids is 1. The van der Waals surface area contributed by atoms with Gasteiger partial charge in [-0.05, 0) is 35.7 Å². The average molecular weight is 334 g/mol. The minimum absolute atomic E-state index is 0.0168. The summed E-state index contributed by atoms with van der Waals surface area (Å²) < 4.78 is 18.5. The van der Waals surface area contributed by atoms with Crippen LogP contribution in [0.3, 0.4) is 0 Å². The number of nitro benzene ring substituents is 1. The minimum Gasteiger partial charge on any atom is -0.487 e. The van der Waals surface area contributed by atoms with Crippen LogP contribution in [0.1, 0.15) is 26.2 Å². The topological polar surface area (TPSA) is 69.4 Å². The molecule has 0 aliphatic carbocycles. The molecule has 7 heteroatoms. The maximum atomic E-state index is 13.3. The number of nitrogens with zero attached hydrogens (tertiary/aromatic N) is 1. The SMILES string of the molecule is CC(=O)CCCCOc1cc(F)c(Br)cc1[N+](=O)[O-]. The number of rotatable bonds is 7. The van der Waals surface area contributed by atoms with E-state index >= 15 is 0 Å². The Bertz CT molecular complexity index is 493. The highest BCUT2D eigenvalue weighted by molar-refractivity contribution is 9.10. The maximum Gasteiger partial charge on any atom is 0.312 e. The van der Waals surface area contributed by atoms with Gasteiger partial charge in [0.2, 0.25) is 0 Å². The van der Waals surface area contributed by atoms with E-state index in [1.807, 2.05) is 0 Å². The Morgan fingerprint density at radius 2 is 2.16 bits per heavy atom. The van der Waals surface area contributed by atoms with Crippen molar-refractivity contribution >= 4 is 27.4 Å². The number of benzene rings is 1. The predicted octanol–water partition coefficient (Wildman–Crippen LogP) is 3.63. The first-order chi connectivity index (χ1) is 8.91. The van der Waals surface area contributed by atoms with Crippen molar-refractivity contribution in [1.29, 1.82) is 0 Å². The Balaban J connectivity index is 2.64. The van der Waals surface area contributed by atoms with Crippen LogP contribution in [0.5, 0.6) is 5.75 Å². The van der Waals surface area contributed by atoms with Gasteiger partial charge in [0.1, 0.15) is 11.6 Å². The van der Waals surface area contributed by atoms with Crippen molar-refractivity contribution in [1.82, 2.24) is 0 Å². The first kappa shape index (κ1) is 15.6. The van der Waals surface area contributed by atoms with Gasteiger partial charge in [-0.25, -0.2) is 4.39 Å². The molecular formula is C12H13BrFNO4. The number of hydrogen-bond acceptors (Lipinski definition) is 4. The lowest BCUT2D eigenvalue weighted by molar-refractivity contribution is -0.386. The van der Waals surface area contributed by atoms with Gasteiger partial charge >= 0.3 is 5.69 Å². The van der Waals surface area contributed by atoms with Crippen LogP contribution in [0.15, 0.2) is 16.6 Å². The standard InChI is InChI=1S/C12H13BrFNO4/c1-8(16)4-2-3-5-19-12-7-10(14)9(13)6-11(12)15(17)18/h6-7H,2-5H2,1H3. The molecule has 0 aromatic heterocycles. The summed E-state index contributed by atoms with van der Waals surface area (Å²) in [5.41, 5.74) is -0.292. The van der Waals surface area contributed by atoms with Crippen LogP contribution in [0.25, 0.3) is 0 Å². The summed E-state index contributed by atoms with van der Waals surface area (Å²) in [6.45, 7) is 1.70. The summed E-state index contributed by atoms with van der Waals surface area (Å²) in [4.78, 5) is 20.9. The van der Waals surface area contributed by atoms with Crippen molar-refractivity contribution in [2.24, 2.45) is 0 Å². The molecule has 0 atom stereocenters. The number of hydrogen-bond donors (Lipinski definition) is 0. The quantitative estimate of drug-likeness (QED) is 0.434. The fourth-order valence-electron chi connectivity index (χ4n) is 1.43. The molecule has 104 valence electrons. The second kappa shape index (κ2) is 7.18. The lowest BCUT2D eigenvalue weighted by atomic mass is 10.2. The van der Waals surface area contributed by atoms with E-state index in [0.717, 1.165) is 12.1 Å². The van der Waals surface area contributed by atoms with Crippen LogP contribution in [0, 0.1) is 15.9 Å². The minimum atomic E-state index is -0.630. The van der Waals surface area contributed by atoms with Crippen molar-refractivity contribution in [2.75, 3.05) is 6.61 Å². The third kappa shape index (κ3) is 4.94. The lowest BCUT2D eigenvalue weighted by Gasteiger charge is -2.07. The van der Waals surface area contributed by atoms with E-state index in [-0.39, 0.29) is 28.3 Å². The first-order valence-electron chi connectivity index (χ1n) is 5.67. The Morgan fingerprint density at radius 1 is 1.47 bits per heavy atom. The molecule has 0 unspecified atom stereocenters. The molecule has 0 radical (unpaired) electrons. The molecule has 0 aliphatic heterocycles. The largest absolute Gasteiger partial charge is 0.487 e. The third-order valence-electron chi connectivity index (χ3n) is 2.38. The molecular weight excluding hydrogens is 321 g/mol. The molecule has 5 nitrogen and oxygen atoms in total. The van der Waals surface area contributed by atoms with Gasteiger partial charge in [-0.3, -0.25) is 10.1 Å². The van der Waals surface area contributed by atoms with Crippen LogP contribution in [0.4, 0.5) is 10.1 Å². The molecule has 1 rings (SSSR count). The van der Waals surface area contributed by atoms with Gasteiger partial charge in [-0.15, -0.1) is 0 Å². The first-order valence-corrected chi connectivity index (χ1v) is 6.46. The van der Waals surface area contributed by atoms with E-state index < -0.39 is 10.7 Å². The van der Waals surface area contributed by atoms with E-state index in [4.69, 9.17) is 4.74 Å². The number of carbonyl (C=O) groups is 1. The van der Waals surface area contributed by atoms with Crippen LogP contribution in [-0.4, -0.2) is 17.3 Å². The normalized spacial score (nSPS) is 10.3. The molecule has 0 saturated carbocycles. The van der Waals surface area contributed by atoms with Gasteiger partial charge < -0.3 is 9.53 Å². The molecule has 0 spiro atoms. The van der Waals surface area contributed by atoms with E-state index in [9.17, 15) is 19.3 Å². The molecule has 0 fully saturated rings. The fraction of sp³-hybridized carbons (Fsp3) is 0.417. The van der Waals surface area contributed by atoms with Crippen molar-refractivity contribution in [3.8, 4) is 5.75 Å². The predicted molar refractivity (Wildman–Crippen MR) is 70.8 cm³/mol. The number of nitro groups is 1. The number of ether oxygens (including phenoxy) is 1. The van der Waals surface area contributed by atoms with Crippen molar-refractivity contribution in [3.05, 3.63) is 32.5 Å². The van der Waals surface area contributed by atoms with Crippen LogP contribution < -0.4 is 4.74 Å². The highest BCUT2D eigenvalue weighted by Gasteiger charge is 2.18.